The summed E-state index contributed by atoms with van der Waals surface area (Å²) in [6.07, 6.45) is -4.94. The Balaban J connectivity index is 3.91. The van der Waals surface area contributed by atoms with Gasteiger partial charge in [-0.25, -0.2) is 8.42 Å². The average Bonchev–Trinajstić information content (AvgIpc) is 2.10. The smallest absolute Gasteiger partial charge is 0.321 e. The van der Waals surface area contributed by atoms with Crippen LogP contribution in [0.1, 0.15) is 25.7 Å². The van der Waals surface area contributed by atoms with Crippen molar-refractivity contribution in [2.45, 2.75) is 37.9 Å². The topological polar surface area (TPSA) is 77.2 Å². The number of sulfone groups is 1. The van der Waals surface area contributed by atoms with Crippen LogP contribution in [0.3, 0.4) is 0 Å². The predicted octanol–water partition coefficient (Wildman–Crippen LogP) is 1.05. The van der Waals surface area contributed by atoms with E-state index in [0.29, 0.717) is 0 Å². The van der Waals surface area contributed by atoms with Crippen LogP contribution in [0, 0.1) is 0 Å². The lowest BCUT2D eigenvalue weighted by atomic mass is 10.1. The first-order valence-corrected chi connectivity index (χ1v) is 7.10. The number of carbonyl (C=O) groups excluding carboxylic acids is 1. The summed E-state index contributed by atoms with van der Waals surface area (Å²) in [5.74, 6) is -0.767. The largest absolute Gasteiger partial charge is 0.389 e. The summed E-state index contributed by atoms with van der Waals surface area (Å²) in [7, 11) is -3.21. The van der Waals surface area contributed by atoms with Gasteiger partial charge in [0.15, 0.2) is 0 Å². The van der Waals surface area contributed by atoms with Gasteiger partial charge in [0.25, 0.3) is 0 Å². The van der Waals surface area contributed by atoms with Gasteiger partial charge in [-0.2, -0.15) is 13.2 Å². The van der Waals surface area contributed by atoms with Crippen molar-refractivity contribution in [3.8, 4) is 0 Å². The van der Waals surface area contributed by atoms with Gasteiger partial charge in [-0.15, -0.1) is 0 Å². The first-order chi connectivity index (χ1) is 7.51. The van der Waals surface area contributed by atoms with E-state index < -0.39 is 34.3 Å². The molecule has 1 unspecified atom stereocenters. The maximum atomic E-state index is 11.8. The van der Waals surface area contributed by atoms with E-state index in [4.69, 9.17) is 5.73 Å². The molecule has 0 saturated carbocycles. The number of hydrogen-bond acceptors (Lipinski definition) is 4. The molecule has 0 aromatic heterocycles. The molecule has 0 bridgehead atoms. The van der Waals surface area contributed by atoms with Crippen LogP contribution >= 0.6 is 0 Å². The molecule has 0 aliphatic rings. The van der Waals surface area contributed by atoms with Crippen LogP contribution in [-0.4, -0.2) is 38.4 Å². The van der Waals surface area contributed by atoms with Gasteiger partial charge in [0.1, 0.15) is 15.6 Å². The highest BCUT2D eigenvalue weighted by Crippen LogP contribution is 2.22. The second-order valence-electron chi connectivity index (χ2n) is 3.96. The molecule has 8 heteroatoms. The number of halogens is 3. The monoisotopic (exact) mass is 275 g/mol. The molecule has 0 rings (SSSR count). The van der Waals surface area contributed by atoms with Crippen LogP contribution in [0.15, 0.2) is 0 Å². The summed E-state index contributed by atoms with van der Waals surface area (Å²) in [6.45, 7) is 0. The Morgan fingerprint density at radius 1 is 1.35 bits per heavy atom. The summed E-state index contributed by atoms with van der Waals surface area (Å²) in [4.78, 5) is 11.3. The quantitative estimate of drug-likeness (QED) is 0.753. The highest BCUT2D eigenvalue weighted by atomic mass is 32.2. The maximum Gasteiger partial charge on any atom is 0.389 e. The number of alkyl halides is 3. The third-order valence-electron chi connectivity index (χ3n) is 2.10. The third kappa shape index (κ3) is 10.3. The zero-order chi connectivity index (χ0) is 13.7. The summed E-state index contributed by atoms with van der Waals surface area (Å²) >= 11 is 0. The van der Waals surface area contributed by atoms with Crippen molar-refractivity contribution < 1.29 is 26.4 Å². The Labute approximate surface area is 98.3 Å². The fourth-order valence-corrected chi connectivity index (χ4v) is 1.83. The van der Waals surface area contributed by atoms with E-state index in [2.05, 4.69) is 0 Å². The van der Waals surface area contributed by atoms with Gasteiger partial charge < -0.3 is 5.73 Å². The van der Waals surface area contributed by atoms with Gasteiger partial charge in [0, 0.05) is 19.1 Å². The van der Waals surface area contributed by atoms with E-state index >= 15 is 0 Å². The van der Waals surface area contributed by atoms with Crippen LogP contribution in [-0.2, 0) is 14.6 Å². The van der Waals surface area contributed by atoms with Crippen LogP contribution in [0.5, 0.6) is 0 Å². The minimum absolute atomic E-state index is 0.0519. The Kier molecular flexibility index (Phi) is 6.11. The Bertz CT molecular complexity index is 351. The van der Waals surface area contributed by atoms with Crippen molar-refractivity contribution in [3.05, 3.63) is 0 Å². The fourth-order valence-electron chi connectivity index (χ4n) is 1.15. The van der Waals surface area contributed by atoms with Gasteiger partial charge in [0.2, 0.25) is 0 Å². The second-order valence-corrected chi connectivity index (χ2v) is 6.22. The van der Waals surface area contributed by atoms with Crippen LogP contribution in [0.2, 0.25) is 0 Å². The predicted molar refractivity (Wildman–Crippen MR) is 57.2 cm³/mol. The Morgan fingerprint density at radius 2 is 1.88 bits per heavy atom. The normalized spacial score (nSPS) is 14.6. The number of carbonyl (C=O) groups is 1. The second kappa shape index (κ2) is 6.34. The zero-order valence-electron chi connectivity index (χ0n) is 9.46. The number of Topliss-reactive ketones (excluding diaryl/α,β-unsaturated/α-hetero) is 1. The molecule has 2 N–H and O–H groups in total. The van der Waals surface area contributed by atoms with Gasteiger partial charge in [-0.1, -0.05) is 0 Å². The molecule has 17 heavy (non-hydrogen) atoms. The first kappa shape index (κ1) is 16.4. The molecule has 0 aromatic carbocycles. The van der Waals surface area contributed by atoms with Gasteiger partial charge >= 0.3 is 6.18 Å². The molecule has 0 heterocycles. The number of nitrogens with two attached hydrogens (primary N) is 1. The Hall–Kier alpha value is -0.630. The SMILES string of the molecule is CS(=O)(=O)CCC(N)C(=O)CCCC(F)(F)F. The summed E-state index contributed by atoms with van der Waals surface area (Å²) in [5.41, 5.74) is 5.38. The van der Waals surface area contributed by atoms with E-state index in [1.54, 1.807) is 0 Å². The zero-order valence-corrected chi connectivity index (χ0v) is 10.3. The van der Waals surface area contributed by atoms with Crippen molar-refractivity contribution >= 4 is 15.6 Å². The van der Waals surface area contributed by atoms with E-state index in [0.717, 1.165) is 6.26 Å². The molecule has 102 valence electrons. The lowest BCUT2D eigenvalue weighted by molar-refractivity contribution is -0.137. The highest BCUT2D eigenvalue weighted by Gasteiger charge is 2.27. The Morgan fingerprint density at radius 3 is 2.29 bits per heavy atom. The number of rotatable bonds is 7. The first-order valence-electron chi connectivity index (χ1n) is 5.04. The van der Waals surface area contributed by atoms with E-state index in [9.17, 15) is 26.4 Å². The van der Waals surface area contributed by atoms with Crippen molar-refractivity contribution in [1.82, 2.24) is 0 Å². The van der Waals surface area contributed by atoms with Crippen LogP contribution in [0.4, 0.5) is 13.2 Å². The molecule has 1 atom stereocenters. The van der Waals surface area contributed by atoms with Crippen molar-refractivity contribution in [1.29, 1.82) is 0 Å². The van der Waals surface area contributed by atoms with Crippen molar-refractivity contribution in [2.24, 2.45) is 5.73 Å². The molecule has 0 aromatic rings. The molecule has 0 amide bonds. The van der Waals surface area contributed by atoms with Crippen LogP contribution in [0.25, 0.3) is 0 Å². The molecule has 0 saturated heterocycles. The molecule has 0 aliphatic heterocycles. The van der Waals surface area contributed by atoms with E-state index in [1.807, 2.05) is 0 Å². The standard InChI is InChI=1S/C9H16F3NO3S/c1-17(15,16)6-4-7(13)8(14)3-2-5-9(10,11)12/h7H,2-6,13H2,1H3. The van der Waals surface area contributed by atoms with E-state index in [-0.39, 0.29) is 25.0 Å². The van der Waals surface area contributed by atoms with E-state index in [1.165, 1.54) is 0 Å². The van der Waals surface area contributed by atoms with Gasteiger partial charge in [0.05, 0.1) is 11.8 Å². The molecule has 0 radical (unpaired) electrons. The number of ketones is 1. The molecule has 0 spiro atoms. The average molecular weight is 275 g/mol. The van der Waals surface area contributed by atoms with Crippen LogP contribution < -0.4 is 5.73 Å². The molecular weight excluding hydrogens is 259 g/mol. The number of hydrogen-bond donors (Lipinski definition) is 1. The minimum Gasteiger partial charge on any atom is -0.321 e. The summed E-state index contributed by atoms with van der Waals surface area (Å²) < 4.78 is 56.9. The van der Waals surface area contributed by atoms with Gasteiger partial charge in [-0.3, -0.25) is 4.79 Å². The molecular formula is C9H16F3NO3S. The molecule has 0 fully saturated rings. The van der Waals surface area contributed by atoms with Crippen molar-refractivity contribution in [3.63, 3.8) is 0 Å². The van der Waals surface area contributed by atoms with Gasteiger partial charge in [-0.05, 0) is 12.8 Å². The maximum absolute atomic E-state index is 11.8. The highest BCUT2D eigenvalue weighted by molar-refractivity contribution is 7.90. The minimum atomic E-state index is -4.28. The lowest BCUT2D eigenvalue weighted by Crippen LogP contribution is -2.32. The third-order valence-corrected chi connectivity index (χ3v) is 3.07. The summed E-state index contributed by atoms with van der Waals surface area (Å²) in [6, 6.07) is -1.00. The van der Waals surface area contributed by atoms with Crippen molar-refractivity contribution in [2.75, 3.05) is 12.0 Å². The molecule has 4 nitrogen and oxygen atoms in total. The summed E-state index contributed by atoms with van der Waals surface area (Å²) in [5, 5.41) is 0. The molecule has 0 aliphatic carbocycles. The lowest BCUT2D eigenvalue weighted by Gasteiger charge is -2.10. The fraction of sp³-hybridized carbons (Fsp3) is 0.889.